The van der Waals surface area contributed by atoms with Gasteiger partial charge in [0.1, 0.15) is 42.4 Å². The molecule has 4 aliphatic rings. The number of allylic oxidation sites excluding steroid dienone is 2. The van der Waals surface area contributed by atoms with Crippen LogP contribution in [-0.2, 0) is 66.5 Å². The summed E-state index contributed by atoms with van der Waals surface area (Å²) in [5, 5.41) is 23.9. The Balaban J connectivity index is 1.69. The number of ether oxygens (including phenoxy) is 10. The molecule has 19 atom stereocenters. The predicted molar refractivity (Wildman–Crippen MR) is 250 cm³/mol. The largest absolute Gasteiger partial charge is 0.462 e. The number of aldehydes is 1. The second-order valence-corrected chi connectivity index (χ2v) is 20.5. The van der Waals surface area contributed by atoms with E-state index in [-0.39, 0.29) is 43.2 Å². The summed E-state index contributed by atoms with van der Waals surface area (Å²) in [7, 11) is 9.01. The van der Waals surface area contributed by atoms with E-state index in [1.54, 1.807) is 46.7 Å². The second kappa shape index (κ2) is 26.5. The Bertz CT molecular complexity index is 1660. The smallest absolute Gasteiger partial charge is 0.309 e. The lowest BCUT2D eigenvalue weighted by atomic mass is 9.82. The molecular formula is C50H84N2O16. The molecule has 3 saturated heterocycles. The number of cyclic esters (lactones) is 1. The van der Waals surface area contributed by atoms with Crippen LogP contribution in [-0.4, -0.2) is 183 Å². The van der Waals surface area contributed by atoms with E-state index in [4.69, 9.17) is 47.4 Å². The quantitative estimate of drug-likeness (QED) is 0.132. The molecule has 0 amide bonds. The molecule has 18 heteroatoms. The van der Waals surface area contributed by atoms with Gasteiger partial charge in [-0.2, -0.15) is 0 Å². The van der Waals surface area contributed by atoms with Crippen LogP contribution in [0.3, 0.4) is 0 Å². The highest BCUT2D eigenvalue weighted by molar-refractivity contribution is 5.72. The molecule has 4 rings (SSSR count). The van der Waals surface area contributed by atoms with Crippen LogP contribution in [0.1, 0.15) is 114 Å². The van der Waals surface area contributed by atoms with E-state index in [9.17, 15) is 29.4 Å². The summed E-state index contributed by atoms with van der Waals surface area (Å²) in [6.07, 6.45) is -1.77. The number of aliphatic hydroxyl groups is 2. The fraction of sp³-hybridized carbons (Fsp3) is 0.840. The van der Waals surface area contributed by atoms with E-state index in [0.29, 0.717) is 19.3 Å². The number of methoxy groups -OCH3 is 1. The second-order valence-electron chi connectivity index (χ2n) is 20.5. The molecule has 0 bridgehead atoms. The van der Waals surface area contributed by atoms with Crippen molar-refractivity contribution in [3.63, 3.8) is 0 Å². The topological polar surface area (TPSA) is 208 Å². The number of hydrogen-bond acceptors (Lipinski definition) is 18. The van der Waals surface area contributed by atoms with E-state index in [1.807, 2.05) is 66.1 Å². The Hall–Kier alpha value is -2.88. The highest BCUT2D eigenvalue weighted by Gasteiger charge is 2.53. The molecule has 4 heterocycles. The number of hydrogen-bond donors (Lipinski definition) is 2. The fourth-order valence-corrected chi connectivity index (χ4v) is 10.1. The lowest BCUT2D eigenvalue weighted by Crippen LogP contribution is -2.66. The minimum atomic E-state index is -1.51. The van der Waals surface area contributed by atoms with Crippen molar-refractivity contribution in [1.29, 1.82) is 0 Å². The SMILES string of the molecule is CO[C@@H]1[C@@H](OC2OC(C)C(OC3CC(C)(O)C(OC(=O)CC(C)C)C(C)O3)C(N(C)C)C2O)[C@@H](CC=O)C[C@@H](C)C(OC2CCC(N(C)C)C(C)O2)C=CC=CC[C@@H](C)OC(=O)C[C@H]1OC(C)=O. The van der Waals surface area contributed by atoms with Gasteiger partial charge < -0.3 is 72.2 Å². The zero-order valence-corrected chi connectivity index (χ0v) is 43.0. The Kier molecular flexibility index (Phi) is 22.5. The van der Waals surface area contributed by atoms with Gasteiger partial charge in [-0.05, 0) is 99.8 Å². The molecule has 68 heavy (non-hydrogen) atoms. The summed E-state index contributed by atoms with van der Waals surface area (Å²) in [4.78, 5) is 55.5. The van der Waals surface area contributed by atoms with Crippen LogP contribution in [0.4, 0.5) is 0 Å². The van der Waals surface area contributed by atoms with Gasteiger partial charge in [0.15, 0.2) is 25.0 Å². The van der Waals surface area contributed by atoms with Gasteiger partial charge in [-0.1, -0.05) is 45.1 Å². The summed E-state index contributed by atoms with van der Waals surface area (Å²) < 4.78 is 62.7. The van der Waals surface area contributed by atoms with Gasteiger partial charge in [0.2, 0.25) is 0 Å². The van der Waals surface area contributed by atoms with Gasteiger partial charge >= 0.3 is 17.9 Å². The minimum Gasteiger partial charge on any atom is -0.462 e. The zero-order chi connectivity index (χ0) is 50.6. The first-order valence-corrected chi connectivity index (χ1v) is 24.5. The van der Waals surface area contributed by atoms with Crippen molar-refractivity contribution in [2.75, 3.05) is 35.3 Å². The molecular weight excluding hydrogens is 885 g/mol. The average molecular weight is 969 g/mol. The van der Waals surface area contributed by atoms with E-state index in [1.165, 1.54) is 14.0 Å². The molecule has 13 unspecified atom stereocenters. The molecule has 0 aromatic carbocycles. The van der Waals surface area contributed by atoms with E-state index in [0.717, 1.165) is 12.7 Å². The van der Waals surface area contributed by atoms with Crippen LogP contribution >= 0.6 is 0 Å². The Labute approximate surface area is 404 Å². The summed E-state index contributed by atoms with van der Waals surface area (Å²) in [5.74, 6) is -2.62. The maximum Gasteiger partial charge on any atom is 0.309 e. The molecule has 3 fully saturated rings. The van der Waals surface area contributed by atoms with Crippen LogP contribution in [0.15, 0.2) is 24.3 Å². The summed E-state index contributed by atoms with van der Waals surface area (Å²) in [6.45, 7) is 15.9. The van der Waals surface area contributed by atoms with Crippen molar-refractivity contribution in [1.82, 2.24) is 9.80 Å². The first-order valence-electron chi connectivity index (χ1n) is 24.5. The van der Waals surface area contributed by atoms with Gasteiger partial charge in [-0.3, -0.25) is 14.4 Å². The Morgan fingerprint density at radius 3 is 2.18 bits per heavy atom. The number of aliphatic hydroxyl groups excluding tert-OH is 1. The number of carbonyl (C=O) groups is 4. The van der Waals surface area contributed by atoms with Crippen molar-refractivity contribution in [3.8, 4) is 0 Å². The Morgan fingerprint density at radius 1 is 0.897 bits per heavy atom. The lowest BCUT2D eigenvalue weighted by molar-refractivity contribution is -0.344. The first-order chi connectivity index (χ1) is 31.9. The third-order valence-electron chi connectivity index (χ3n) is 13.5. The van der Waals surface area contributed by atoms with Crippen LogP contribution < -0.4 is 0 Å². The maximum atomic E-state index is 13.5. The molecule has 0 aliphatic carbocycles. The highest BCUT2D eigenvalue weighted by atomic mass is 16.7. The summed E-state index contributed by atoms with van der Waals surface area (Å²) in [5.41, 5.74) is -1.51. The van der Waals surface area contributed by atoms with Gasteiger partial charge in [-0.15, -0.1) is 0 Å². The molecule has 0 saturated carbocycles. The third kappa shape index (κ3) is 16.3. The summed E-state index contributed by atoms with van der Waals surface area (Å²) >= 11 is 0. The first kappa shape index (κ1) is 57.7. The van der Waals surface area contributed by atoms with Gasteiger partial charge in [0.25, 0.3) is 0 Å². The molecule has 18 nitrogen and oxygen atoms in total. The standard InChI is InChI=1S/C50H84N2O16/c1-28(2)24-39(55)66-48-33(7)62-42(27-50(48,9)58)67-45-32(6)63-49(44(57)43(45)52(12)13)68-46-35(22-23-53)25-29(3)37(65-41-21-20-36(51(10)11)31(5)61-41)19-17-15-16-18-30(4)60-40(56)26-38(47(46)59-14)64-34(8)54/h15-17,19,23,28-33,35-38,41-49,57-58H,18,20-22,24-27H2,1-14H3/t29-,30-,31?,32?,33?,35+,36?,37?,38-,41?,42?,43?,44?,45?,46+,47+,48?,49?,50?/m1/s1. The third-order valence-corrected chi connectivity index (χ3v) is 13.5. The highest BCUT2D eigenvalue weighted by Crippen LogP contribution is 2.38. The number of likely N-dealkylation sites (N-methyl/N-ethyl adjacent to an activating group) is 2. The molecule has 2 N–H and O–H groups in total. The van der Waals surface area contributed by atoms with E-state index >= 15 is 0 Å². The van der Waals surface area contributed by atoms with E-state index in [2.05, 4.69) is 4.90 Å². The van der Waals surface area contributed by atoms with Gasteiger partial charge in [0.05, 0.1) is 43.0 Å². The maximum absolute atomic E-state index is 13.5. The normalized spacial score (nSPS) is 40.2. The molecule has 4 aliphatic heterocycles. The number of carbonyl (C=O) groups excluding carboxylic acids is 4. The Morgan fingerprint density at radius 2 is 1.59 bits per heavy atom. The number of esters is 3. The number of rotatable bonds is 15. The monoisotopic (exact) mass is 969 g/mol. The zero-order valence-electron chi connectivity index (χ0n) is 43.0. The van der Waals surface area contributed by atoms with Crippen molar-refractivity contribution in [3.05, 3.63) is 24.3 Å². The van der Waals surface area contributed by atoms with Crippen LogP contribution in [0.25, 0.3) is 0 Å². The lowest BCUT2D eigenvalue weighted by Gasteiger charge is -2.50. The van der Waals surface area contributed by atoms with Crippen molar-refractivity contribution >= 4 is 24.2 Å². The fourth-order valence-electron chi connectivity index (χ4n) is 10.1. The molecule has 0 spiro atoms. The molecule has 0 aromatic heterocycles. The predicted octanol–water partition coefficient (Wildman–Crippen LogP) is 4.49. The average Bonchev–Trinajstić information content (AvgIpc) is 3.21. The van der Waals surface area contributed by atoms with Crippen LogP contribution in [0.5, 0.6) is 0 Å². The molecule has 0 radical (unpaired) electrons. The minimum absolute atomic E-state index is 0.0447. The van der Waals surface area contributed by atoms with Crippen LogP contribution in [0, 0.1) is 17.8 Å². The van der Waals surface area contributed by atoms with Gasteiger partial charge in [0, 0.05) is 45.8 Å². The van der Waals surface area contributed by atoms with E-state index < -0.39 is 122 Å². The molecule has 390 valence electrons. The van der Waals surface area contributed by atoms with Crippen molar-refractivity contribution in [2.45, 2.75) is 217 Å². The summed E-state index contributed by atoms with van der Waals surface area (Å²) in [6, 6.07) is -0.550. The molecule has 0 aromatic rings. The van der Waals surface area contributed by atoms with Gasteiger partial charge in [-0.25, -0.2) is 0 Å². The van der Waals surface area contributed by atoms with Crippen molar-refractivity contribution in [2.24, 2.45) is 17.8 Å². The van der Waals surface area contributed by atoms with Crippen molar-refractivity contribution < 1.29 is 76.8 Å². The van der Waals surface area contributed by atoms with Crippen LogP contribution in [0.2, 0.25) is 0 Å². The number of nitrogens with zero attached hydrogens (tertiary/aromatic N) is 2.